The molecule has 2 heterocycles. The van der Waals surface area contributed by atoms with Crippen LogP contribution < -0.4 is 4.90 Å². The van der Waals surface area contributed by atoms with Gasteiger partial charge in [-0.3, -0.25) is 0 Å². The number of nitrogens with zero attached hydrogens (tertiary/aromatic N) is 2. The predicted molar refractivity (Wildman–Crippen MR) is 204 cm³/mol. The molecule has 10 rings (SSSR count). The monoisotopic (exact) mass is 644 g/mol. The van der Waals surface area contributed by atoms with E-state index < -0.39 is 0 Å². The topological polar surface area (TPSA) is 42.4 Å². The van der Waals surface area contributed by atoms with Crippen molar-refractivity contribution in [3.63, 3.8) is 0 Å². The zero-order valence-electron chi connectivity index (χ0n) is 27.7. The Morgan fingerprint density at radius 3 is 1.98 bits per heavy atom. The van der Waals surface area contributed by atoms with Gasteiger partial charge < -0.3 is 13.7 Å². The summed E-state index contributed by atoms with van der Waals surface area (Å²) in [6.45, 7) is 4.66. The lowest BCUT2D eigenvalue weighted by Crippen LogP contribution is -2.16. The van der Waals surface area contributed by atoms with Gasteiger partial charge in [0.05, 0.1) is 11.4 Å². The standard InChI is InChI=1S/C46H32N2O2/c1-46(2)36-20-11-9-19-34(36)44-37(46)21-13-23-40(44)48(39-22-12-10-18-32(39)29-14-5-3-6-15-29)31-24-25-33-35-27-38-43(28-42(35)49-41(33)26-31)50-45(47-38)30-16-7-4-8-17-30/h3-28H,1-2H3. The third-order valence-electron chi connectivity index (χ3n) is 10.3. The third-order valence-corrected chi connectivity index (χ3v) is 10.3. The molecule has 9 aromatic rings. The van der Waals surface area contributed by atoms with E-state index in [1.165, 1.54) is 22.3 Å². The molecule has 1 aliphatic rings. The Balaban J connectivity index is 1.19. The lowest BCUT2D eigenvalue weighted by Gasteiger charge is -2.30. The van der Waals surface area contributed by atoms with Crippen LogP contribution in [-0.4, -0.2) is 4.98 Å². The van der Waals surface area contributed by atoms with Gasteiger partial charge in [-0.25, -0.2) is 4.98 Å². The van der Waals surface area contributed by atoms with Gasteiger partial charge in [-0.05, 0) is 64.7 Å². The van der Waals surface area contributed by atoms with Crippen LogP contribution in [0, 0.1) is 0 Å². The van der Waals surface area contributed by atoms with Crippen molar-refractivity contribution < 1.29 is 8.83 Å². The van der Waals surface area contributed by atoms with Crippen molar-refractivity contribution in [3.05, 3.63) is 169 Å². The summed E-state index contributed by atoms with van der Waals surface area (Å²) in [6, 6.07) is 55.5. The molecular formula is C46H32N2O2. The van der Waals surface area contributed by atoms with E-state index in [2.05, 4.69) is 140 Å². The number of anilines is 3. The molecule has 0 saturated heterocycles. The number of hydrogen-bond donors (Lipinski definition) is 0. The fourth-order valence-corrected chi connectivity index (χ4v) is 7.89. The van der Waals surface area contributed by atoms with Crippen molar-refractivity contribution in [1.29, 1.82) is 0 Å². The van der Waals surface area contributed by atoms with Gasteiger partial charge in [0.25, 0.3) is 0 Å². The molecule has 238 valence electrons. The highest BCUT2D eigenvalue weighted by atomic mass is 16.4. The lowest BCUT2D eigenvalue weighted by atomic mass is 9.82. The number of oxazole rings is 1. The number of benzene rings is 7. The normalized spacial score (nSPS) is 13.2. The van der Waals surface area contributed by atoms with Crippen molar-refractivity contribution in [1.82, 2.24) is 4.98 Å². The molecule has 1 aliphatic carbocycles. The van der Waals surface area contributed by atoms with E-state index in [-0.39, 0.29) is 5.41 Å². The van der Waals surface area contributed by atoms with E-state index in [1.54, 1.807) is 0 Å². The van der Waals surface area contributed by atoms with Crippen LogP contribution in [0.25, 0.3) is 66.7 Å². The first-order chi connectivity index (χ1) is 24.5. The Bertz CT molecular complexity index is 2740. The van der Waals surface area contributed by atoms with Gasteiger partial charge in [0.2, 0.25) is 5.89 Å². The molecule has 0 fully saturated rings. The highest BCUT2D eigenvalue weighted by molar-refractivity contribution is 6.10. The van der Waals surface area contributed by atoms with Gasteiger partial charge in [0, 0.05) is 50.7 Å². The minimum atomic E-state index is -0.124. The summed E-state index contributed by atoms with van der Waals surface area (Å²) in [6.07, 6.45) is 0. The van der Waals surface area contributed by atoms with Crippen LogP contribution in [0.4, 0.5) is 17.1 Å². The molecule has 7 aromatic carbocycles. The van der Waals surface area contributed by atoms with Crippen molar-refractivity contribution in [3.8, 4) is 33.7 Å². The lowest BCUT2D eigenvalue weighted by molar-refractivity contribution is 0.617. The summed E-state index contributed by atoms with van der Waals surface area (Å²) in [5.74, 6) is 0.604. The van der Waals surface area contributed by atoms with Crippen LogP contribution in [0.3, 0.4) is 0 Å². The van der Waals surface area contributed by atoms with Gasteiger partial charge in [-0.1, -0.05) is 117 Å². The maximum Gasteiger partial charge on any atom is 0.227 e. The van der Waals surface area contributed by atoms with Crippen molar-refractivity contribution in [2.75, 3.05) is 4.90 Å². The van der Waals surface area contributed by atoms with Crippen LogP contribution in [-0.2, 0) is 5.41 Å². The average molecular weight is 645 g/mol. The Labute approximate surface area is 289 Å². The van der Waals surface area contributed by atoms with Crippen LogP contribution in [0.5, 0.6) is 0 Å². The second kappa shape index (κ2) is 10.8. The maximum atomic E-state index is 6.62. The second-order valence-electron chi connectivity index (χ2n) is 13.6. The number of furan rings is 1. The summed E-state index contributed by atoms with van der Waals surface area (Å²) < 4.78 is 12.8. The van der Waals surface area contributed by atoms with Crippen LogP contribution in [0.1, 0.15) is 25.0 Å². The van der Waals surface area contributed by atoms with Crippen molar-refractivity contribution in [2.24, 2.45) is 0 Å². The Kier molecular flexibility index (Phi) is 6.19. The molecular weight excluding hydrogens is 613 g/mol. The molecule has 0 unspecified atom stereocenters. The molecule has 0 N–H and O–H groups in total. The molecule has 0 aliphatic heterocycles. The van der Waals surface area contributed by atoms with Gasteiger partial charge in [0.1, 0.15) is 16.7 Å². The molecule has 50 heavy (non-hydrogen) atoms. The largest absolute Gasteiger partial charge is 0.456 e. The van der Waals surface area contributed by atoms with Crippen molar-refractivity contribution in [2.45, 2.75) is 19.3 Å². The van der Waals surface area contributed by atoms with Crippen molar-refractivity contribution >= 4 is 50.1 Å². The first-order valence-corrected chi connectivity index (χ1v) is 17.0. The summed E-state index contributed by atoms with van der Waals surface area (Å²) in [4.78, 5) is 7.24. The van der Waals surface area contributed by atoms with E-state index >= 15 is 0 Å². The summed E-state index contributed by atoms with van der Waals surface area (Å²) in [5.41, 5.74) is 14.7. The SMILES string of the molecule is CC1(C)c2ccccc2-c2c(N(c3ccc4c(c3)oc3cc5oc(-c6ccccc6)nc5cc34)c3ccccc3-c3ccccc3)cccc21. The predicted octanol–water partition coefficient (Wildman–Crippen LogP) is 12.8. The van der Waals surface area contributed by atoms with Crippen LogP contribution >= 0.6 is 0 Å². The summed E-state index contributed by atoms with van der Waals surface area (Å²) in [5, 5.41) is 2.05. The molecule has 4 nitrogen and oxygen atoms in total. The average Bonchev–Trinajstić information content (AvgIpc) is 3.81. The molecule has 0 bridgehead atoms. The summed E-state index contributed by atoms with van der Waals surface area (Å²) >= 11 is 0. The maximum absolute atomic E-state index is 6.62. The Morgan fingerprint density at radius 2 is 1.16 bits per heavy atom. The van der Waals surface area contributed by atoms with Gasteiger partial charge in [-0.2, -0.15) is 0 Å². The molecule has 4 heteroatoms. The zero-order valence-corrected chi connectivity index (χ0v) is 27.7. The number of fused-ring (bicyclic) bond motifs is 7. The molecule has 0 spiro atoms. The fraction of sp³-hybridized carbons (Fsp3) is 0.0652. The third kappa shape index (κ3) is 4.28. The number of rotatable bonds is 5. The van der Waals surface area contributed by atoms with Gasteiger partial charge in [0.15, 0.2) is 5.58 Å². The second-order valence-corrected chi connectivity index (χ2v) is 13.6. The van der Waals surface area contributed by atoms with E-state index in [4.69, 9.17) is 13.8 Å². The van der Waals surface area contributed by atoms with Gasteiger partial charge >= 0.3 is 0 Å². The highest BCUT2D eigenvalue weighted by Gasteiger charge is 2.38. The number of aromatic nitrogens is 1. The smallest absolute Gasteiger partial charge is 0.227 e. The van der Waals surface area contributed by atoms with E-state index in [1.807, 2.05) is 36.4 Å². The highest BCUT2D eigenvalue weighted by Crippen LogP contribution is 2.55. The molecule has 0 radical (unpaired) electrons. The fourth-order valence-electron chi connectivity index (χ4n) is 7.89. The first-order valence-electron chi connectivity index (χ1n) is 17.0. The van der Waals surface area contributed by atoms with E-state index in [0.29, 0.717) is 11.5 Å². The Hall–Kier alpha value is -6.39. The minimum Gasteiger partial charge on any atom is -0.456 e. The molecule has 0 saturated carbocycles. The zero-order chi connectivity index (χ0) is 33.4. The van der Waals surface area contributed by atoms with Crippen LogP contribution in [0.15, 0.2) is 167 Å². The Morgan fingerprint density at radius 1 is 0.500 bits per heavy atom. The molecule has 0 atom stereocenters. The number of hydrogen-bond acceptors (Lipinski definition) is 4. The van der Waals surface area contributed by atoms with E-state index in [9.17, 15) is 0 Å². The summed E-state index contributed by atoms with van der Waals surface area (Å²) in [7, 11) is 0. The van der Waals surface area contributed by atoms with E-state index in [0.717, 1.165) is 61.2 Å². The molecule has 2 aromatic heterocycles. The van der Waals surface area contributed by atoms with Crippen LogP contribution in [0.2, 0.25) is 0 Å². The quantitative estimate of drug-likeness (QED) is 0.187. The minimum absolute atomic E-state index is 0.124. The first kappa shape index (κ1) is 28.6. The number of para-hydroxylation sites is 1. The molecule has 0 amide bonds. The van der Waals surface area contributed by atoms with Gasteiger partial charge in [-0.15, -0.1) is 0 Å².